The second kappa shape index (κ2) is 6.16. The predicted octanol–water partition coefficient (Wildman–Crippen LogP) is 3.45. The van der Waals surface area contributed by atoms with Crippen LogP contribution >= 0.6 is 11.8 Å². The standard InChI is InChI=1S/C13H9FN2O3S/c14-9-5-6-13(11(7-9)16(18)19)20-12-4-2-1-3-10(12)15-8-17/h1-8H,(H,15,17). The summed E-state index contributed by atoms with van der Waals surface area (Å²) in [4.78, 5) is 21.7. The van der Waals surface area contributed by atoms with E-state index in [1.807, 2.05) is 0 Å². The molecule has 1 N–H and O–H groups in total. The van der Waals surface area contributed by atoms with Crippen molar-refractivity contribution >= 4 is 29.5 Å². The number of rotatable bonds is 5. The van der Waals surface area contributed by atoms with E-state index < -0.39 is 10.7 Å². The van der Waals surface area contributed by atoms with E-state index in [-0.39, 0.29) is 5.69 Å². The lowest BCUT2D eigenvalue weighted by atomic mass is 10.3. The van der Waals surface area contributed by atoms with Crippen LogP contribution in [0.5, 0.6) is 0 Å². The van der Waals surface area contributed by atoms with E-state index in [0.29, 0.717) is 21.9 Å². The SMILES string of the molecule is O=CNc1ccccc1Sc1ccc(F)cc1[N+](=O)[O-]. The normalized spacial score (nSPS) is 10.1. The summed E-state index contributed by atoms with van der Waals surface area (Å²) < 4.78 is 13.1. The third-order valence-electron chi connectivity index (χ3n) is 2.44. The van der Waals surface area contributed by atoms with Gasteiger partial charge in [0.15, 0.2) is 0 Å². The van der Waals surface area contributed by atoms with Crippen LogP contribution in [0.4, 0.5) is 15.8 Å². The van der Waals surface area contributed by atoms with Crippen LogP contribution < -0.4 is 5.32 Å². The van der Waals surface area contributed by atoms with Gasteiger partial charge in [-0.3, -0.25) is 14.9 Å². The van der Waals surface area contributed by atoms with Gasteiger partial charge in [-0.2, -0.15) is 0 Å². The lowest BCUT2D eigenvalue weighted by Gasteiger charge is -2.08. The zero-order chi connectivity index (χ0) is 14.5. The second-order valence-corrected chi connectivity index (χ2v) is 4.81. The van der Waals surface area contributed by atoms with Crippen LogP contribution in [0.1, 0.15) is 0 Å². The molecule has 0 aliphatic heterocycles. The number of nitrogens with zero attached hydrogens (tertiary/aromatic N) is 1. The number of carbonyl (C=O) groups is 1. The van der Waals surface area contributed by atoms with Crippen molar-refractivity contribution in [3.63, 3.8) is 0 Å². The number of anilines is 1. The molecule has 2 rings (SSSR count). The quantitative estimate of drug-likeness (QED) is 0.520. The average molecular weight is 292 g/mol. The molecule has 2 aromatic rings. The van der Waals surface area contributed by atoms with Crippen molar-refractivity contribution in [3.8, 4) is 0 Å². The molecule has 5 nitrogen and oxygen atoms in total. The Morgan fingerprint density at radius 1 is 1.20 bits per heavy atom. The molecule has 7 heteroatoms. The Bertz CT molecular complexity index is 664. The monoisotopic (exact) mass is 292 g/mol. The smallest absolute Gasteiger partial charge is 0.286 e. The average Bonchev–Trinajstić information content (AvgIpc) is 2.43. The molecule has 20 heavy (non-hydrogen) atoms. The van der Waals surface area contributed by atoms with Crippen LogP contribution in [-0.4, -0.2) is 11.3 Å². The largest absolute Gasteiger partial charge is 0.328 e. The van der Waals surface area contributed by atoms with Crippen LogP contribution in [0.15, 0.2) is 52.3 Å². The minimum absolute atomic E-state index is 0.302. The number of carbonyl (C=O) groups excluding carboxylic acids is 1. The highest BCUT2D eigenvalue weighted by Crippen LogP contribution is 2.38. The number of benzene rings is 2. The molecular formula is C13H9FN2O3S. The van der Waals surface area contributed by atoms with Gasteiger partial charge in [-0.15, -0.1) is 0 Å². The first-order valence-electron chi connectivity index (χ1n) is 5.53. The van der Waals surface area contributed by atoms with E-state index in [0.717, 1.165) is 23.9 Å². The highest BCUT2D eigenvalue weighted by Gasteiger charge is 2.17. The molecule has 0 aromatic heterocycles. The molecule has 0 aliphatic carbocycles. The first kappa shape index (κ1) is 14.0. The number of amides is 1. The number of halogens is 1. The Balaban J connectivity index is 2.40. The maximum atomic E-state index is 13.1. The maximum absolute atomic E-state index is 13.1. The summed E-state index contributed by atoms with van der Waals surface area (Å²) in [5, 5.41) is 13.4. The minimum Gasteiger partial charge on any atom is -0.328 e. The summed E-state index contributed by atoms with van der Waals surface area (Å²) in [6.07, 6.45) is 0.526. The number of nitro benzene ring substituents is 1. The van der Waals surface area contributed by atoms with Crippen molar-refractivity contribution in [2.75, 3.05) is 5.32 Å². The van der Waals surface area contributed by atoms with E-state index >= 15 is 0 Å². The number of hydrogen-bond donors (Lipinski definition) is 1. The third-order valence-corrected chi connectivity index (χ3v) is 3.58. The van der Waals surface area contributed by atoms with Gasteiger partial charge in [-0.25, -0.2) is 4.39 Å². The summed E-state index contributed by atoms with van der Waals surface area (Å²) in [5.41, 5.74) is 0.224. The number of nitro groups is 1. The summed E-state index contributed by atoms with van der Waals surface area (Å²) in [5.74, 6) is -0.666. The molecule has 0 radical (unpaired) electrons. The van der Waals surface area contributed by atoms with E-state index in [4.69, 9.17) is 0 Å². The third kappa shape index (κ3) is 3.12. The van der Waals surface area contributed by atoms with Crippen LogP contribution in [0.2, 0.25) is 0 Å². The van der Waals surface area contributed by atoms with E-state index in [1.165, 1.54) is 6.07 Å². The predicted molar refractivity (Wildman–Crippen MR) is 73.3 cm³/mol. The number of para-hydroxylation sites is 1. The number of nitrogens with one attached hydrogen (secondary N) is 1. The summed E-state index contributed by atoms with van der Waals surface area (Å²) in [7, 11) is 0. The number of hydrogen-bond acceptors (Lipinski definition) is 4. The molecule has 0 unspecified atom stereocenters. The van der Waals surface area contributed by atoms with Gasteiger partial charge >= 0.3 is 0 Å². The lowest BCUT2D eigenvalue weighted by Crippen LogP contribution is -1.96. The molecule has 1 amide bonds. The Hall–Kier alpha value is -2.41. The van der Waals surface area contributed by atoms with Crippen molar-refractivity contribution in [2.45, 2.75) is 9.79 Å². The van der Waals surface area contributed by atoms with Gasteiger partial charge in [-0.05, 0) is 24.3 Å². The Labute approximate surface area is 118 Å². The van der Waals surface area contributed by atoms with Gasteiger partial charge in [0, 0.05) is 4.90 Å². The van der Waals surface area contributed by atoms with E-state index in [1.54, 1.807) is 24.3 Å². The Morgan fingerprint density at radius 2 is 1.95 bits per heavy atom. The van der Waals surface area contributed by atoms with Gasteiger partial charge in [0.1, 0.15) is 5.82 Å². The fourth-order valence-corrected chi connectivity index (χ4v) is 2.57. The molecule has 0 heterocycles. The van der Waals surface area contributed by atoms with E-state index in [2.05, 4.69) is 5.32 Å². The van der Waals surface area contributed by atoms with Gasteiger partial charge in [0.2, 0.25) is 6.41 Å². The highest BCUT2D eigenvalue weighted by atomic mass is 32.2. The first-order chi connectivity index (χ1) is 9.61. The van der Waals surface area contributed by atoms with Gasteiger partial charge in [0.25, 0.3) is 5.69 Å². The molecule has 0 fully saturated rings. The van der Waals surface area contributed by atoms with Crippen molar-refractivity contribution in [2.24, 2.45) is 0 Å². The molecule has 0 bridgehead atoms. The van der Waals surface area contributed by atoms with Crippen molar-refractivity contribution < 1.29 is 14.1 Å². The fraction of sp³-hybridized carbons (Fsp3) is 0. The summed E-state index contributed by atoms with van der Waals surface area (Å²) in [6, 6.07) is 10.2. The van der Waals surface area contributed by atoms with Crippen molar-refractivity contribution in [1.29, 1.82) is 0 Å². The molecule has 0 atom stereocenters. The maximum Gasteiger partial charge on any atom is 0.286 e. The topological polar surface area (TPSA) is 72.2 Å². The summed E-state index contributed by atoms with van der Waals surface area (Å²) in [6.45, 7) is 0. The summed E-state index contributed by atoms with van der Waals surface area (Å²) >= 11 is 1.09. The molecule has 2 aromatic carbocycles. The van der Waals surface area contributed by atoms with Crippen LogP contribution in [0.25, 0.3) is 0 Å². The minimum atomic E-state index is -0.666. The van der Waals surface area contributed by atoms with Gasteiger partial charge in [-0.1, -0.05) is 23.9 Å². The first-order valence-corrected chi connectivity index (χ1v) is 6.34. The zero-order valence-electron chi connectivity index (χ0n) is 10.1. The highest BCUT2D eigenvalue weighted by molar-refractivity contribution is 7.99. The van der Waals surface area contributed by atoms with Crippen LogP contribution in [0.3, 0.4) is 0 Å². The molecule has 0 spiro atoms. The molecule has 102 valence electrons. The van der Waals surface area contributed by atoms with Crippen molar-refractivity contribution in [3.05, 3.63) is 58.4 Å². The molecule has 0 saturated carbocycles. The van der Waals surface area contributed by atoms with E-state index in [9.17, 15) is 19.3 Å². The van der Waals surface area contributed by atoms with Crippen LogP contribution in [-0.2, 0) is 4.79 Å². The van der Waals surface area contributed by atoms with Crippen LogP contribution in [0, 0.1) is 15.9 Å². The second-order valence-electron chi connectivity index (χ2n) is 3.73. The lowest BCUT2D eigenvalue weighted by molar-refractivity contribution is -0.387. The Kier molecular flexibility index (Phi) is 4.31. The molecule has 0 saturated heterocycles. The van der Waals surface area contributed by atoms with Gasteiger partial charge in [0.05, 0.1) is 21.6 Å². The molecular weight excluding hydrogens is 283 g/mol. The van der Waals surface area contributed by atoms with Gasteiger partial charge < -0.3 is 5.32 Å². The Morgan fingerprint density at radius 3 is 2.65 bits per heavy atom. The molecule has 0 aliphatic rings. The fourth-order valence-electron chi connectivity index (χ4n) is 1.58. The zero-order valence-corrected chi connectivity index (χ0v) is 10.9. The van der Waals surface area contributed by atoms with Crippen molar-refractivity contribution in [1.82, 2.24) is 0 Å².